The van der Waals surface area contributed by atoms with Crippen molar-refractivity contribution in [2.45, 2.75) is 52.4 Å². The van der Waals surface area contributed by atoms with Gasteiger partial charge in [-0.3, -0.25) is 0 Å². The summed E-state index contributed by atoms with van der Waals surface area (Å²) < 4.78 is 0. The van der Waals surface area contributed by atoms with Crippen LogP contribution in [0.1, 0.15) is 52.4 Å². The first kappa shape index (κ1) is 13.0. The van der Waals surface area contributed by atoms with Crippen LogP contribution in [0.25, 0.3) is 0 Å². The van der Waals surface area contributed by atoms with Gasteiger partial charge < -0.3 is 10.6 Å². The minimum absolute atomic E-state index is 0.575. The van der Waals surface area contributed by atoms with Crippen LogP contribution in [-0.4, -0.2) is 31.1 Å². The summed E-state index contributed by atoms with van der Waals surface area (Å²) in [7, 11) is 0. The fraction of sp³-hybridized carbons (Fsp3) is 1.00. The topological polar surface area (TPSA) is 29.3 Å². The summed E-state index contributed by atoms with van der Waals surface area (Å²) in [6.07, 6.45) is 7.97. The van der Waals surface area contributed by atoms with Gasteiger partial charge in [-0.1, -0.05) is 20.3 Å². The van der Waals surface area contributed by atoms with Gasteiger partial charge >= 0.3 is 0 Å². The van der Waals surface area contributed by atoms with E-state index in [0.717, 1.165) is 6.54 Å². The van der Waals surface area contributed by atoms with E-state index < -0.39 is 0 Å². The van der Waals surface area contributed by atoms with Crippen molar-refractivity contribution in [3.05, 3.63) is 0 Å². The Morgan fingerprint density at radius 1 is 1.07 bits per heavy atom. The zero-order chi connectivity index (χ0) is 11.1. The summed E-state index contributed by atoms with van der Waals surface area (Å²) in [6, 6.07) is 0. The van der Waals surface area contributed by atoms with E-state index in [2.05, 4.69) is 18.7 Å². The molecule has 0 atom stereocenters. The van der Waals surface area contributed by atoms with Gasteiger partial charge in [0.15, 0.2) is 0 Å². The lowest BCUT2D eigenvalue weighted by molar-refractivity contribution is 0.258. The average molecular weight is 212 g/mol. The van der Waals surface area contributed by atoms with E-state index in [-0.39, 0.29) is 0 Å². The molecule has 0 aromatic carbocycles. The number of hydrogen-bond donors (Lipinski definition) is 1. The van der Waals surface area contributed by atoms with E-state index >= 15 is 0 Å². The Bertz CT molecular complexity index is 166. The normalized spacial score (nSPS) is 22.6. The molecule has 0 saturated carbocycles. The molecule has 0 unspecified atom stereocenters. The Labute approximate surface area is 95.2 Å². The minimum atomic E-state index is 0.575. The summed E-state index contributed by atoms with van der Waals surface area (Å²) in [5, 5.41) is 0. The fourth-order valence-corrected chi connectivity index (χ4v) is 2.36. The second kappa shape index (κ2) is 6.49. The predicted octanol–water partition coefficient (Wildman–Crippen LogP) is 2.63. The van der Waals surface area contributed by atoms with Crippen molar-refractivity contribution in [3.8, 4) is 0 Å². The molecule has 1 aliphatic heterocycles. The Hall–Kier alpha value is -0.0800. The quantitative estimate of drug-likeness (QED) is 0.710. The van der Waals surface area contributed by atoms with Gasteiger partial charge in [0.05, 0.1) is 0 Å². The molecule has 0 aromatic rings. The highest BCUT2D eigenvalue weighted by molar-refractivity contribution is 4.76. The van der Waals surface area contributed by atoms with Crippen LogP contribution in [0.2, 0.25) is 0 Å². The van der Waals surface area contributed by atoms with Gasteiger partial charge in [0, 0.05) is 0 Å². The molecule has 90 valence electrons. The van der Waals surface area contributed by atoms with E-state index in [1.807, 2.05) is 0 Å². The molecule has 2 nitrogen and oxygen atoms in total. The van der Waals surface area contributed by atoms with Gasteiger partial charge in [0.1, 0.15) is 0 Å². The molecule has 0 radical (unpaired) electrons. The molecule has 2 N–H and O–H groups in total. The molecule has 1 saturated heterocycles. The van der Waals surface area contributed by atoms with Gasteiger partial charge in [-0.15, -0.1) is 0 Å². The van der Waals surface area contributed by atoms with E-state index in [9.17, 15) is 0 Å². The van der Waals surface area contributed by atoms with Crippen molar-refractivity contribution < 1.29 is 0 Å². The maximum atomic E-state index is 5.49. The highest BCUT2D eigenvalue weighted by Gasteiger charge is 2.22. The second-order valence-corrected chi connectivity index (χ2v) is 5.71. The van der Waals surface area contributed by atoms with Crippen molar-refractivity contribution in [1.82, 2.24) is 4.90 Å². The predicted molar refractivity (Wildman–Crippen MR) is 67.0 cm³/mol. The molecule has 0 aliphatic carbocycles. The zero-order valence-electron chi connectivity index (χ0n) is 10.6. The summed E-state index contributed by atoms with van der Waals surface area (Å²) in [4.78, 5) is 2.64. The highest BCUT2D eigenvalue weighted by atomic mass is 15.1. The van der Waals surface area contributed by atoms with Crippen LogP contribution in [0.4, 0.5) is 0 Å². The average Bonchev–Trinajstić information content (AvgIpc) is 2.35. The molecule has 1 fully saturated rings. The van der Waals surface area contributed by atoms with Gasteiger partial charge in [0.2, 0.25) is 0 Å². The number of unbranched alkanes of at least 4 members (excludes halogenated alkanes) is 2. The third kappa shape index (κ3) is 5.53. The number of nitrogens with two attached hydrogens (primary N) is 1. The Balaban J connectivity index is 2.14. The Kier molecular flexibility index (Phi) is 5.62. The fourth-order valence-electron chi connectivity index (χ4n) is 2.36. The third-order valence-electron chi connectivity index (χ3n) is 3.61. The first-order valence-corrected chi connectivity index (χ1v) is 6.56. The van der Waals surface area contributed by atoms with Crippen molar-refractivity contribution in [3.63, 3.8) is 0 Å². The molecule has 1 heterocycles. The lowest BCUT2D eigenvalue weighted by atomic mass is 9.85. The second-order valence-electron chi connectivity index (χ2n) is 5.71. The molecule has 1 rings (SSSR count). The van der Waals surface area contributed by atoms with Crippen LogP contribution in [0.3, 0.4) is 0 Å². The van der Waals surface area contributed by atoms with Gasteiger partial charge in [-0.25, -0.2) is 0 Å². The van der Waals surface area contributed by atoms with Crippen LogP contribution >= 0.6 is 0 Å². The standard InChI is InChI=1S/C13H28N2/c1-13(2)7-6-11-15(12-8-13)10-5-3-4-9-14/h3-12,14H2,1-2H3. The monoisotopic (exact) mass is 212 g/mol. The van der Waals surface area contributed by atoms with Crippen LogP contribution in [-0.2, 0) is 0 Å². The van der Waals surface area contributed by atoms with E-state index in [0.29, 0.717) is 5.41 Å². The largest absolute Gasteiger partial charge is 0.330 e. The molecular weight excluding hydrogens is 184 g/mol. The Morgan fingerprint density at radius 2 is 1.87 bits per heavy atom. The van der Waals surface area contributed by atoms with Crippen molar-refractivity contribution in [1.29, 1.82) is 0 Å². The molecule has 0 aromatic heterocycles. The molecular formula is C13H28N2. The lowest BCUT2D eigenvalue weighted by Crippen LogP contribution is -2.26. The third-order valence-corrected chi connectivity index (χ3v) is 3.61. The first-order chi connectivity index (χ1) is 7.14. The molecule has 15 heavy (non-hydrogen) atoms. The number of hydrogen-bond acceptors (Lipinski definition) is 2. The molecule has 0 amide bonds. The van der Waals surface area contributed by atoms with Crippen LogP contribution in [0, 0.1) is 5.41 Å². The number of nitrogens with zero attached hydrogens (tertiary/aromatic N) is 1. The summed E-state index contributed by atoms with van der Waals surface area (Å²) in [5.74, 6) is 0. The maximum absolute atomic E-state index is 5.49. The SMILES string of the molecule is CC1(C)CCCN(CCCCCN)CC1. The van der Waals surface area contributed by atoms with Gasteiger partial charge in [-0.05, 0) is 63.7 Å². The maximum Gasteiger partial charge on any atom is -0.00136 e. The van der Waals surface area contributed by atoms with Crippen molar-refractivity contribution >= 4 is 0 Å². The molecule has 2 heteroatoms. The Morgan fingerprint density at radius 3 is 2.60 bits per heavy atom. The first-order valence-electron chi connectivity index (χ1n) is 6.56. The molecule has 0 spiro atoms. The van der Waals surface area contributed by atoms with Gasteiger partial charge in [0.25, 0.3) is 0 Å². The van der Waals surface area contributed by atoms with Crippen LogP contribution < -0.4 is 5.73 Å². The summed E-state index contributed by atoms with van der Waals surface area (Å²) >= 11 is 0. The number of rotatable bonds is 5. The van der Waals surface area contributed by atoms with Crippen LogP contribution in [0.15, 0.2) is 0 Å². The van der Waals surface area contributed by atoms with Gasteiger partial charge in [-0.2, -0.15) is 0 Å². The summed E-state index contributed by atoms with van der Waals surface area (Å²) in [5.41, 5.74) is 6.07. The molecule has 0 bridgehead atoms. The van der Waals surface area contributed by atoms with E-state index in [1.54, 1.807) is 0 Å². The highest BCUT2D eigenvalue weighted by Crippen LogP contribution is 2.29. The molecule has 1 aliphatic rings. The summed E-state index contributed by atoms with van der Waals surface area (Å²) in [6.45, 7) is 9.57. The van der Waals surface area contributed by atoms with Crippen molar-refractivity contribution in [2.24, 2.45) is 11.1 Å². The zero-order valence-corrected chi connectivity index (χ0v) is 10.6. The number of likely N-dealkylation sites (tertiary alicyclic amines) is 1. The van der Waals surface area contributed by atoms with E-state index in [4.69, 9.17) is 5.73 Å². The van der Waals surface area contributed by atoms with E-state index in [1.165, 1.54) is 58.2 Å². The minimum Gasteiger partial charge on any atom is -0.330 e. The van der Waals surface area contributed by atoms with Crippen molar-refractivity contribution in [2.75, 3.05) is 26.2 Å². The smallest absolute Gasteiger partial charge is 0.00136 e. The van der Waals surface area contributed by atoms with Crippen LogP contribution in [0.5, 0.6) is 0 Å². The lowest BCUT2D eigenvalue weighted by Gasteiger charge is -2.23.